The predicted molar refractivity (Wildman–Crippen MR) is 95.5 cm³/mol. The average Bonchev–Trinajstić information content (AvgIpc) is 2.88. The minimum atomic E-state index is -0.922. The third-order valence-electron chi connectivity index (χ3n) is 6.91. The van der Waals surface area contributed by atoms with Crippen molar-refractivity contribution in [3.05, 3.63) is 0 Å². The highest BCUT2D eigenvalue weighted by molar-refractivity contribution is 6.20. The van der Waals surface area contributed by atoms with E-state index in [1.165, 1.54) is 0 Å². The molecule has 0 bridgehead atoms. The van der Waals surface area contributed by atoms with E-state index < -0.39 is 5.60 Å². The molecule has 0 aromatic carbocycles. The summed E-state index contributed by atoms with van der Waals surface area (Å²) in [5.41, 5.74) is 5.33. The maximum atomic E-state index is 11.5. The lowest BCUT2D eigenvalue weighted by atomic mass is 9.65. The zero-order valence-corrected chi connectivity index (χ0v) is 15.1. The Bertz CT molecular complexity index is 489. The van der Waals surface area contributed by atoms with E-state index in [1.807, 2.05) is 0 Å². The van der Waals surface area contributed by atoms with Crippen molar-refractivity contribution in [2.24, 2.45) is 22.6 Å². The van der Waals surface area contributed by atoms with Gasteiger partial charge in [0.1, 0.15) is 11.4 Å². The van der Waals surface area contributed by atoms with Crippen LogP contribution in [0.2, 0.25) is 0 Å². The number of hydrogen-bond donors (Lipinski definition) is 2. The Morgan fingerprint density at radius 2 is 1.83 bits per heavy atom. The monoisotopic (exact) mass is 355 g/mol. The molecule has 4 unspecified atom stereocenters. The van der Waals surface area contributed by atoms with Gasteiger partial charge in [0, 0.05) is 30.4 Å². The number of alkyl halides is 1. The summed E-state index contributed by atoms with van der Waals surface area (Å²) in [5.74, 6) is 0.840. The average molecular weight is 356 g/mol. The van der Waals surface area contributed by atoms with E-state index in [4.69, 9.17) is 22.1 Å². The Morgan fingerprint density at radius 1 is 1.12 bits per heavy atom. The van der Waals surface area contributed by atoms with Crippen molar-refractivity contribution in [1.82, 2.24) is 4.90 Å². The van der Waals surface area contributed by atoms with Crippen molar-refractivity contribution < 1.29 is 9.84 Å². The lowest BCUT2D eigenvalue weighted by molar-refractivity contribution is -0.0466. The van der Waals surface area contributed by atoms with Crippen molar-refractivity contribution >= 4 is 17.4 Å². The van der Waals surface area contributed by atoms with E-state index in [0.29, 0.717) is 11.9 Å². The third kappa shape index (κ3) is 2.87. The van der Waals surface area contributed by atoms with E-state index in [9.17, 15) is 5.11 Å². The van der Waals surface area contributed by atoms with Gasteiger partial charge in [0.2, 0.25) is 0 Å². The lowest BCUT2D eigenvalue weighted by Crippen LogP contribution is -2.56. The highest BCUT2D eigenvalue weighted by atomic mass is 35.5. The molecule has 1 saturated heterocycles. The molecule has 0 spiro atoms. The highest BCUT2D eigenvalue weighted by Crippen LogP contribution is 2.48. The Kier molecular flexibility index (Phi) is 4.80. The summed E-state index contributed by atoms with van der Waals surface area (Å²) in [7, 11) is 0. The molecule has 0 radical (unpaired) electrons. The van der Waals surface area contributed by atoms with Crippen LogP contribution in [0.4, 0.5) is 0 Å². The molecule has 0 aromatic heterocycles. The molecule has 4 rings (SSSR count). The standard InChI is InChI=1S/C18H30ClN3O2/c19-13-3-6-16-15(11-13)18(23,17(20)21-16)12-1-4-14(5-2-12)22-7-9-24-10-8-22/h12-16,23H,1-11H2,(H2,20,21). The summed E-state index contributed by atoms with van der Waals surface area (Å²) in [4.78, 5) is 7.20. The van der Waals surface area contributed by atoms with Gasteiger partial charge in [-0.2, -0.15) is 0 Å². The van der Waals surface area contributed by atoms with E-state index in [1.54, 1.807) is 0 Å². The number of nitrogens with two attached hydrogens (primary N) is 1. The molecule has 4 atom stereocenters. The fourth-order valence-electron chi connectivity index (χ4n) is 5.54. The van der Waals surface area contributed by atoms with Crippen molar-refractivity contribution in [3.63, 3.8) is 0 Å². The van der Waals surface area contributed by atoms with Crippen molar-refractivity contribution in [3.8, 4) is 0 Å². The smallest absolute Gasteiger partial charge is 0.129 e. The first kappa shape index (κ1) is 17.1. The molecule has 6 heteroatoms. The Balaban J connectivity index is 1.43. The van der Waals surface area contributed by atoms with Gasteiger partial charge in [-0.15, -0.1) is 11.6 Å². The molecular formula is C18H30ClN3O2. The minimum absolute atomic E-state index is 0.124. The number of aliphatic hydroxyl groups is 1. The van der Waals surface area contributed by atoms with Gasteiger partial charge < -0.3 is 15.6 Å². The number of ether oxygens (including phenoxy) is 1. The number of nitrogens with zero attached hydrogens (tertiary/aromatic N) is 2. The summed E-state index contributed by atoms with van der Waals surface area (Å²) in [6, 6.07) is 0.818. The second kappa shape index (κ2) is 6.75. The van der Waals surface area contributed by atoms with Gasteiger partial charge in [0.15, 0.2) is 0 Å². The molecule has 2 heterocycles. The lowest BCUT2D eigenvalue weighted by Gasteiger charge is -2.46. The topological polar surface area (TPSA) is 71.1 Å². The van der Waals surface area contributed by atoms with Crippen LogP contribution >= 0.6 is 11.6 Å². The molecule has 2 aliphatic carbocycles. The van der Waals surface area contributed by atoms with Crippen LogP contribution in [-0.2, 0) is 4.74 Å². The molecule has 0 aromatic rings. The normalized spacial score (nSPS) is 47.2. The highest BCUT2D eigenvalue weighted by Gasteiger charge is 2.56. The first-order chi connectivity index (χ1) is 11.6. The van der Waals surface area contributed by atoms with Gasteiger partial charge in [-0.3, -0.25) is 9.89 Å². The second-order valence-corrected chi connectivity index (χ2v) is 8.69. The first-order valence-corrected chi connectivity index (χ1v) is 10.0. The largest absolute Gasteiger partial charge is 0.385 e. The number of morpholine rings is 1. The predicted octanol–water partition coefficient (Wildman–Crippen LogP) is 1.76. The Hall–Kier alpha value is -0.360. The third-order valence-corrected chi connectivity index (χ3v) is 7.31. The van der Waals surface area contributed by atoms with E-state index in [-0.39, 0.29) is 23.3 Å². The van der Waals surface area contributed by atoms with E-state index in [0.717, 1.165) is 71.2 Å². The Morgan fingerprint density at radius 3 is 2.54 bits per heavy atom. The zero-order chi connectivity index (χ0) is 16.7. The minimum Gasteiger partial charge on any atom is -0.385 e. The van der Waals surface area contributed by atoms with Crippen LogP contribution in [0.5, 0.6) is 0 Å². The summed E-state index contributed by atoms with van der Waals surface area (Å²) in [5, 5.41) is 11.7. The van der Waals surface area contributed by atoms with E-state index >= 15 is 0 Å². The number of fused-ring (bicyclic) bond motifs is 1. The fraction of sp³-hybridized carbons (Fsp3) is 0.944. The maximum absolute atomic E-state index is 11.5. The number of hydrogen-bond acceptors (Lipinski definition) is 5. The van der Waals surface area contributed by atoms with Crippen LogP contribution in [-0.4, -0.2) is 65.2 Å². The van der Waals surface area contributed by atoms with Crippen LogP contribution < -0.4 is 5.73 Å². The van der Waals surface area contributed by atoms with Crippen LogP contribution in [0, 0.1) is 11.8 Å². The van der Waals surface area contributed by atoms with Gasteiger partial charge in [0.05, 0.1) is 19.3 Å². The molecule has 136 valence electrons. The van der Waals surface area contributed by atoms with Gasteiger partial charge >= 0.3 is 0 Å². The van der Waals surface area contributed by atoms with Crippen LogP contribution in [0.3, 0.4) is 0 Å². The van der Waals surface area contributed by atoms with Crippen LogP contribution in [0.25, 0.3) is 0 Å². The molecule has 24 heavy (non-hydrogen) atoms. The molecule has 0 amide bonds. The second-order valence-electron chi connectivity index (χ2n) is 8.08. The van der Waals surface area contributed by atoms with Crippen LogP contribution in [0.15, 0.2) is 4.99 Å². The van der Waals surface area contributed by atoms with Gasteiger partial charge in [-0.1, -0.05) is 0 Å². The van der Waals surface area contributed by atoms with Crippen molar-refractivity contribution in [2.75, 3.05) is 26.3 Å². The molecule has 2 aliphatic heterocycles. The summed E-state index contributed by atoms with van der Waals surface area (Å²) in [6.45, 7) is 3.79. The maximum Gasteiger partial charge on any atom is 0.129 e. The van der Waals surface area contributed by atoms with Gasteiger partial charge in [0.25, 0.3) is 0 Å². The fourth-order valence-corrected chi connectivity index (χ4v) is 5.86. The molecular weight excluding hydrogens is 326 g/mol. The zero-order valence-electron chi connectivity index (χ0n) is 14.4. The summed E-state index contributed by atoms with van der Waals surface area (Å²) in [6.07, 6.45) is 7.14. The van der Waals surface area contributed by atoms with Crippen LogP contribution in [0.1, 0.15) is 44.9 Å². The number of halogens is 1. The number of aliphatic imine (C=N–C) groups is 1. The number of rotatable bonds is 2. The summed E-state index contributed by atoms with van der Waals surface area (Å²) < 4.78 is 5.47. The molecule has 2 saturated carbocycles. The quantitative estimate of drug-likeness (QED) is 0.740. The van der Waals surface area contributed by atoms with Gasteiger partial charge in [-0.05, 0) is 50.9 Å². The molecule has 5 nitrogen and oxygen atoms in total. The molecule has 3 fully saturated rings. The SMILES string of the molecule is NC1=NC2CCC(Cl)CC2C1(O)C1CCC(N2CCOCC2)CC1. The molecule has 3 N–H and O–H groups in total. The van der Waals surface area contributed by atoms with E-state index in [2.05, 4.69) is 9.89 Å². The Labute approximate surface area is 149 Å². The van der Waals surface area contributed by atoms with Gasteiger partial charge in [-0.25, -0.2) is 0 Å². The summed E-state index contributed by atoms with van der Waals surface area (Å²) >= 11 is 6.40. The van der Waals surface area contributed by atoms with Crippen molar-refractivity contribution in [2.45, 2.75) is 68.0 Å². The first-order valence-electron chi connectivity index (χ1n) is 9.61. The number of amidine groups is 1. The molecule has 4 aliphatic rings. The van der Waals surface area contributed by atoms with Crippen molar-refractivity contribution in [1.29, 1.82) is 0 Å².